The van der Waals surface area contributed by atoms with Gasteiger partial charge in [0.15, 0.2) is 11.5 Å². The van der Waals surface area contributed by atoms with Gasteiger partial charge in [0, 0.05) is 6.42 Å². The molecule has 26 heavy (non-hydrogen) atoms. The van der Waals surface area contributed by atoms with E-state index in [1.807, 2.05) is 43.3 Å². The summed E-state index contributed by atoms with van der Waals surface area (Å²) in [6, 6.07) is 13.8. The fraction of sp³-hybridized carbons (Fsp3) is 0.300. The number of carbonyl (C=O) groups is 1. The van der Waals surface area contributed by atoms with Crippen LogP contribution in [0, 0.1) is 0 Å². The molecule has 2 heterocycles. The van der Waals surface area contributed by atoms with Crippen molar-refractivity contribution in [2.24, 2.45) is 0 Å². The molecule has 2 aromatic carbocycles. The molecule has 3 aromatic rings. The van der Waals surface area contributed by atoms with Gasteiger partial charge >= 0.3 is 0 Å². The lowest BCUT2D eigenvalue weighted by Gasteiger charge is -2.14. The molecule has 1 N–H and O–H groups in total. The average molecular weight is 368 g/mol. The fourth-order valence-corrected chi connectivity index (χ4v) is 4.02. The molecule has 0 spiro atoms. The Kier molecular flexibility index (Phi) is 4.75. The van der Waals surface area contributed by atoms with Crippen molar-refractivity contribution in [3.63, 3.8) is 0 Å². The largest absolute Gasteiger partial charge is 0.454 e. The number of aryl methyl sites for hydroxylation is 1. The van der Waals surface area contributed by atoms with Gasteiger partial charge in [-0.15, -0.1) is 11.3 Å². The van der Waals surface area contributed by atoms with Crippen LogP contribution in [-0.4, -0.2) is 17.7 Å². The van der Waals surface area contributed by atoms with E-state index in [2.05, 4.69) is 16.4 Å². The molecule has 1 unspecified atom stereocenters. The molecule has 0 fully saturated rings. The third-order valence-electron chi connectivity index (χ3n) is 4.41. The SMILES string of the molecule is CC(NC(=O)CCCc1nc2ccccc2s1)c1ccc2c(c1)OCO2. The lowest BCUT2D eigenvalue weighted by Crippen LogP contribution is -2.26. The van der Waals surface area contributed by atoms with Crippen LogP contribution in [0.25, 0.3) is 10.2 Å². The Morgan fingerprint density at radius 1 is 1.23 bits per heavy atom. The number of para-hydroxylation sites is 1. The van der Waals surface area contributed by atoms with Crippen molar-refractivity contribution in [2.45, 2.75) is 32.2 Å². The molecular formula is C20H20N2O3S. The number of nitrogens with one attached hydrogen (secondary N) is 1. The maximum absolute atomic E-state index is 12.2. The highest BCUT2D eigenvalue weighted by molar-refractivity contribution is 7.18. The van der Waals surface area contributed by atoms with Crippen LogP contribution in [0.5, 0.6) is 11.5 Å². The first-order valence-electron chi connectivity index (χ1n) is 8.72. The van der Waals surface area contributed by atoms with Crippen molar-refractivity contribution in [3.8, 4) is 11.5 Å². The third-order valence-corrected chi connectivity index (χ3v) is 5.50. The second-order valence-corrected chi connectivity index (χ2v) is 7.45. The van der Waals surface area contributed by atoms with Gasteiger partial charge in [0.05, 0.1) is 21.3 Å². The van der Waals surface area contributed by atoms with Gasteiger partial charge in [0.2, 0.25) is 12.7 Å². The summed E-state index contributed by atoms with van der Waals surface area (Å²) in [7, 11) is 0. The van der Waals surface area contributed by atoms with Gasteiger partial charge in [0.1, 0.15) is 0 Å². The molecule has 1 aliphatic rings. The lowest BCUT2D eigenvalue weighted by molar-refractivity contribution is -0.121. The van der Waals surface area contributed by atoms with Crippen LogP contribution in [0.1, 0.15) is 36.4 Å². The summed E-state index contributed by atoms with van der Waals surface area (Å²) in [4.78, 5) is 16.9. The van der Waals surface area contributed by atoms with E-state index in [0.717, 1.165) is 40.4 Å². The molecule has 5 nitrogen and oxygen atoms in total. The quantitative estimate of drug-likeness (QED) is 0.707. The first-order valence-corrected chi connectivity index (χ1v) is 9.54. The minimum Gasteiger partial charge on any atom is -0.454 e. The fourth-order valence-electron chi connectivity index (χ4n) is 3.01. The number of thiazole rings is 1. The number of carbonyl (C=O) groups excluding carboxylic acids is 1. The van der Waals surface area contributed by atoms with E-state index in [1.54, 1.807) is 11.3 Å². The van der Waals surface area contributed by atoms with Crippen LogP contribution in [0.4, 0.5) is 0 Å². The van der Waals surface area contributed by atoms with E-state index in [4.69, 9.17) is 9.47 Å². The zero-order valence-corrected chi connectivity index (χ0v) is 15.3. The van der Waals surface area contributed by atoms with Crippen molar-refractivity contribution in [1.82, 2.24) is 10.3 Å². The summed E-state index contributed by atoms with van der Waals surface area (Å²) in [5.74, 6) is 1.54. The maximum Gasteiger partial charge on any atom is 0.231 e. The van der Waals surface area contributed by atoms with Crippen LogP contribution in [-0.2, 0) is 11.2 Å². The van der Waals surface area contributed by atoms with Gasteiger partial charge < -0.3 is 14.8 Å². The van der Waals surface area contributed by atoms with Crippen molar-refractivity contribution in [2.75, 3.05) is 6.79 Å². The Morgan fingerprint density at radius 3 is 2.96 bits per heavy atom. The Bertz CT molecular complexity index is 905. The Balaban J connectivity index is 1.28. The Labute approximate surface area is 156 Å². The van der Waals surface area contributed by atoms with E-state index >= 15 is 0 Å². The normalized spacial score (nSPS) is 13.7. The highest BCUT2D eigenvalue weighted by Gasteiger charge is 2.16. The first-order chi connectivity index (χ1) is 12.7. The summed E-state index contributed by atoms with van der Waals surface area (Å²) in [5, 5.41) is 4.13. The minimum atomic E-state index is -0.0700. The van der Waals surface area contributed by atoms with Crippen molar-refractivity contribution in [3.05, 3.63) is 53.0 Å². The maximum atomic E-state index is 12.2. The Morgan fingerprint density at radius 2 is 2.08 bits per heavy atom. The molecule has 1 atom stereocenters. The highest BCUT2D eigenvalue weighted by Crippen LogP contribution is 2.34. The number of benzene rings is 2. The van der Waals surface area contributed by atoms with E-state index < -0.39 is 0 Å². The molecule has 6 heteroatoms. The monoisotopic (exact) mass is 368 g/mol. The molecule has 0 aliphatic carbocycles. The molecular weight excluding hydrogens is 348 g/mol. The summed E-state index contributed by atoms with van der Waals surface area (Å²) in [5.41, 5.74) is 2.04. The molecule has 0 saturated carbocycles. The molecule has 4 rings (SSSR count). The predicted molar refractivity (Wildman–Crippen MR) is 102 cm³/mol. The number of rotatable bonds is 6. The second-order valence-electron chi connectivity index (χ2n) is 6.33. The summed E-state index contributed by atoms with van der Waals surface area (Å²) in [6.45, 7) is 2.23. The second kappa shape index (κ2) is 7.33. The van der Waals surface area contributed by atoms with Gasteiger partial charge in [-0.05, 0) is 49.6 Å². The topological polar surface area (TPSA) is 60.5 Å². The number of hydrogen-bond acceptors (Lipinski definition) is 5. The third kappa shape index (κ3) is 3.65. The van der Waals surface area contributed by atoms with Crippen LogP contribution in [0.3, 0.4) is 0 Å². The van der Waals surface area contributed by atoms with Crippen LogP contribution >= 0.6 is 11.3 Å². The van der Waals surface area contributed by atoms with Crippen LogP contribution in [0.15, 0.2) is 42.5 Å². The highest BCUT2D eigenvalue weighted by atomic mass is 32.1. The first kappa shape index (κ1) is 16.8. The molecule has 0 saturated heterocycles. The smallest absolute Gasteiger partial charge is 0.231 e. The molecule has 134 valence electrons. The van der Waals surface area contributed by atoms with Crippen LogP contribution in [0.2, 0.25) is 0 Å². The van der Waals surface area contributed by atoms with E-state index in [-0.39, 0.29) is 18.7 Å². The lowest BCUT2D eigenvalue weighted by atomic mass is 10.1. The van der Waals surface area contributed by atoms with Crippen LogP contribution < -0.4 is 14.8 Å². The van der Waals surface area contributed by atoms with Crippen molar-refractivity contribution >= 4 is 27.5 Å². The molecule has 0 radical (unpaired) electrons. The van der Waals surface area contributed by atoms with Crippen molar-refractivity contribution < 1.29 is 14.3 Å². The minimum absolute atomic E-state index is 0.0521. The summed E-state index contributed by atoms with van der Waals surface area (Å²) >= 11 is 1.70. The standard InChI is InChI=1S/C20H20N2O3S/c1-13(14-9-10-16-17(11-14)25-12-24-16)21-19(23)7-4-8-20-22-15-5-2-3-6-18(15)26-20/h2-3,5-6,9-11,13H,4,7-8,12H2,1H3,(H,21,23). The number of aromatic nitrogens is 1. The molecule has 0 bridgehead atoms. The Hall–Kier alpha value is -2.60. The van der Waals surface area contributed by atoms with Crippen molar-refractivity contribution in [1.29, 1.82) is 0 Å². The predicted octanol–water partition coefficient (Wildman–Crippen LogP) is 4.23. The number of nitrogens with zero attached hydrogens (tertiary/aromatic N) is 1. The zero-order valence-electron chi connectivity index (χ0n) is 14.5. The molecule has 1 aromatic heterocycles. The summed E-state index contributed by atoms with van der Waals surface area (Å²) in [6.07, 6.45) is 2.11. The van der Waals surface area contributed by atoms with Gasteiger partial charge in [-0.1, -0.05) is 18.2 Å². The summed E-state index contributed by atoms with van der Waals surface area (Å²) < 4.78 is 11.9. The van der Waals surface area contributed by atoms with E-state index in [0.29, 0.717) is 6.42 Å². The average Bonchev–Trinajstić information content (AvgIpc) is 3.27. The number of fused-ring (bicyclic) bond motifs is 2. The number of hydrogen-bond donors (Lipinski definition) is 1. The van der Waals surface area contributed by atoms with Gasteiger partial charge in [0.25, 0.3) is 0 Å². The van der Waals surface area contributed by atoms with Gasteiger partial charge in [-0.25, -0.2) is 4.98 Å². The van der Waals surface area contributed by atoms with E-state index in [1.165, 1.54) is 4.70 Å². The van der Waals surface area contributed by atoms with Gasteiger partial charge in [-0.3, -0.25) is 4.79 Å². The number of ether oxygens (including phenoxy) is 2. The molecule has 1 amide bonds. The molecule has 1 aliphatic heterocycles. The van der Waals surface area contributed by atoms with Gasteiger partial charge in [-0.2, -0.15) is 0 Å². The van der Waals surface area contributed by atoms with E-state index in [9.17, 15) is 4.79 Å². The number of amides is 1. The zero-order chi connectivity index (χ0) is 17.9.